The summed E-state index contributed by atoms with van der Waals surface area (Å²) in [6.45, 7) is 2.49. The second-order valence-corrected chi connectivity index (χ2v) is 6.33. The zero-order valence-electron chi connectivity index (χ0n) is 14.3. The first kappa shape index (κ1) is 16.1. The van der Waals surface area contributed by atoms with Gasteiger partial charge in [-0.05, 0) is 37.6 Å². The number of amides is 2. The van der Waals surface area contributed by atoms with E-state index in [1.165, 1.54) is 4.68 Å². The lowest BCUT2D eigenvalue weighted by Gasteiger charge is -2.27. The molecule has 2 amide bonds. The van der Waals surface area contributed by atoms with Crippen LogP contribution in [0.3, 0.4) is 0 Å². The van der Waals surface area contributed by atoms with Crippen LogP contribution in [0.25, 0.3) is 5.69 Å². The molecule has 0 fully saturated rings. The van der Waals surface area contributed by atoms with Crippen LogP contribution in [0.4, 0.5) is 5.69 Å². The molecule has 2 aromatic carbocycles. The molecular weight excluding hydrogens is 328 g/mol. The van der Waals surface area contributed by atoms with Crippen molar-refractivity contribution in [3.63, 3.8) is 0 Å². The van der Waals surface area contributed by atoms with E-state index in [1.807, 2.05) is 61.5 Å². The Morgan fingerprint density at radius 2 is 1.73 bits per heavy atom. The number of aryl methyl sites for hydroxylation is 1. The van der Waals surface area contributed by atoms with Gasteiger partial charge < -0.3 is 10.6 Å². The number of benzene rings is 2. The number of nitrogens with zero attached hydrogens (tertiary/aromatic N) is 3. The lowest BCUT2D eigenvalue weighted by atomic mass is 10.0. The second kappa shape index (κ2) is 6.15. The van der Waals surface area contributed by atoms with Crippen molar-refractivity contribution in [1.82, 2.24) is 9.78 Å². The Kier molecular flexibility index (Phi) is 3.80. The molecule has 6 nitrogen and oxygen atoms in total. The molecule has 6 heteroatoms. The molecule has 0 saturated carbocycles. The van der Waals surface area contributed by atoms with Crippen LogP contribution in [-0.4, -0.2) is 28.1 Å². The molecule has 1 aliphatic rings. The summed E-state index contributed by atoms with van der Waals surface area (Å²) in [4.78, 5) is 26.8. The summed E-state index contributed by atoms with van der Waals surface area (Å²) in [5.41, 5.74) is 9.36. The normalized spacial score (nSPS) is 13.6. The number of primary amides is 1. The average Bonchev–Trinajstić information content (AvgIpc) is 3.05. The number of hydrogen-bond donors (Lipinski definition) is 1. The average molecular weight is 346 g/mol. The van der Waals surface area contributed by atoms with Gasteiger partial charge in [-0.1, -0.05) is 35.9 Å². The summed E-state index contributed by atoms with van der Waals surface area (Å²) in [5.74, 6) is -0.800. The van der Waals surface area contributed by atoms with Crippen molar-refractivity contribution in [3.8, 4) is 5.69 Å². The maximum atomic E-state index is 13.2. The fourth-order valence-corrected chi connectivity index (χ4v) is 3.28. The van der Waals surface area contributed by atoms with Gasteiger partial charge in [0.25, 0.3) is 11.8 Å². The van der Waals surface area contributed by atoms with Crippen molar-refractivity contribution in [1.29, 1.82) is 0 Å². The molecule has 0 aliphatic carbocycles. The van der Waals surface area contributed by atoms with Crippen LogP contribution in [0.1, 0.15) is 32.1 Å². The highest BCUT2D eigenvalue weighted by atomic mass is 16.2. The van der Waals surface area contributed by atoms with Crippen LogP contribution in [0.15, 0.2) is 54.6 Å². The molecule has 0 unspecified atom stereocenters. The minimum absolute atomic E-state index is 0.167. The molecule has 0 atom stereocenters. The predicted molar refractivity (Wildman–Crippen MR) is 98.6 cm³/mol. The van der Waals surface area contributed by atoms with Crippen LogP contribution in [0.2, 0.25) is 0 Å². The molecule has 0 saturated heterocycles. The first-order valence-electron chi connectivity index (χ1n) is 8.42. The number of para-hydroxylation sites is 1. The number of carbonyl (C=O) groups is 2. The van der Waals surface area contributed by atoms with E-state index in [4.69, 9.17) is 5.73 Å². The van der Waals surface area contributed by atoms with Gasteiger partial charge in [0.1, 0.15) is 5.69 Å². The summed E-state index contributed by atoms with van der Waals surface area (Å²) >= 11 is 0. The van der Waals surface area contributed by atoms with Crippen LogP contribution in [-0.2, 0) is 6.42 Å². The van der Waals surface area contributed by atoms with E-state index in [2.05, 4.69) is 5.10 Å². The molecule has 2 heterocycles. The standard InChI is InChI=1S/C20H18N4O2/c1-13-7-9-14(10-8-13)23-12-11-16-17(19(21)25)22-24(18(16)20(23)26)15-5-3-2-4-6-15/h2-10H,11-12H2,1H3,(H2,21,25). The topological polar surface area (TPSA) is 81.2 Å². The van der Waals surface area contributed by atoms with Gasteiger partial charge in [-0.25, -0.2) is 4.68 Å². The maximum absolute atomic E-state index is 13.2. The molecule has 0 radical (unpaired) electrons. The van der Waals surface area contributed by atoms with Gasteiger partial charge in [-0.2, -0.15) is 5.10 Å². The van der Waals surface area contributed by atoms with Gasteiger partial charge in [0.2, 0.25) is 0 Å². The zero-order chi connectivity index (χ0) is 18.3. The van der Waals surface area contributed by atoms with E-state index in [0.717, 1.165) is 16.9 Å². The SMILES string of the molecule is Cc1ccc(N2CCc3c(C(N)=O)nn(-c4ccccc4)c3C2=O)cc1. The van der Waals surface area contributed by atoms with Gasteiger partial charge in [-0.15, -0.1) is 0 Å². The van der Waals surface area contributed by atoms with Crippen LogP contribution >= 0.6 is 0 Å². The Labute approximate surface area is 150 Å². The van der Waals surface area contributed by atoms with Gasteiger partial charge >= 0.3 is 0 Å². The molecule has 1 aliphatic heterocycles. The van der Waals surface area contributed by atoms with E-state index in [0.29, 0.717) is 24.2 Å². The first-order chi connectivity index (χ1) is 12.6. The molecule has 26 heavy (non-hydrogen) atoms. The van der Waals surface area contributed by atoms with Crippen molar-refractivity contribution in [2.75, 3.05) is 11.4 Å². The van der Waals surface area contributed by atoms with Crippen molar-refractivity contribution in [2.24, 2.45) is 5.73 Å². The van der Waals surface area contributed by atoms with E-state index >= 15 is 0 Å². The maximum Gasteiger partial charge on any atom is 0.277 e. The molecule has 2 N–H and O–H groups in total. The van der Waals surface area contributed by atoms with Crippen molar-refractivity contribution >= 4 is 17.5 Å². The molecular formula is C20H18N4O2. The van der Waals surface area contributed by atoms with Crippen LogP contribution in [0.5, 0.6) is 0 Å². The lowest BCUT2D eigenvalue weighted by Crippen LogP contribution is -2.39. The zero-order valence-corrected chi connectivity index (χ0v) is 14.3. The van der Waals surface area contributed by atoms with Gasteiger partial charge in [-0.3, -0.25) is 9.59 Å². The van der Waals surface area contributed by atoms with Crippen molar-refractivity contribution < 1.29 is 9.59 Å². The van der Waals surface area contributed by atoms with E-state index < -0.39 is 5.91 Å². The number of carbonyl (C=O) groups excluding carboxylic acids is 2. The largest absolute Gasteiger partial charge is 0.364 e. The molecule has 0 spiro atoms. The Bertz CT molecular complexity index is 991. The molecule has 3 aromatic rings. The molecule has 1 aromatic heterocycles. The van der Waals surface area contributed by atoms with Crippen molar-refractivity contribution in [3.05, 3.63) is 77.1 Å². The van der Waals surface area contributed by atoms with E-state index in [1.54, 1.807) is 4.90 Å². The number of fused-ring (bicyclic) bond motifs is 1. The van der Waals surface area contributed by atoms with Gasteiger partial charge in [0.15, 0.2) is 5.69 Å². The highest BCUT2D eigenvalue weighted by molar-refractivity contribution is 6.09. The smallest absolute Gasteiger partial charge is 0.277 e. The summed E-state index contributed by atoms with van der Waals surface area (Å²) < 4.78 is 1.53. The third kappa shape index (κ3) is 2.56. The quantitative estimate of drug-likeness (QED) is 0.791. The summed E-state index contributed by atoms with van der Waals surface area (Å²) in [6.07, 6.45) is 0.528. The lowest BCUT2D eigenvalue weighted by molar-refractivity contribution is 0.0972. The molecule has 0 bridgehead atoms. The Morgan fingerprint density at radius 3 is 2.38 bits per heavy atom. The summed E-state index contributed by atoms with van der Waals surface area (Å²) in [7, 11) is 0. The predicted octanol–water partition coefficient (Wildman–Crippen LogP) is 2.48. The molecule has 4 rings (SSSR count). The second-order valence-electron chi connectivity index (χ2n) is 6.33. The monoisotopic (exact) mass is 346 g/mol. The number of anilines is 1. The third-order valence-corrected chi connectivity index (χ3v) is 4.60. The minimum Gasteiger partial charge on any atom is -0.364 e. The summed E-state index contributed by atoms with van der Waals surface area (Å²) in [5, 5.41) is 4.35. The van der Waals surface area contributed by atoms with Gasteiger partial charge in [0, 0.05) is 17.8 Å². The number of aromatic nitrogens is 2. The number of nitrogens with two attached hydrogens (primary N) is 1. The minimum atomic E-state index is -0.618. The van der Waals surface area contributed by atoms with E-state index in [9.17, 15) is 9.59 Å². The van der Waals surface area contributed by atoms with Crippen molar-refractivity contribution in [2.45, 2.75) is 13.3 Å². The first-order valence-corrected chi connectivity index (χ1v) is 8.42. The fraction of sp³-hybridized carbons (Fsp3) is 0.150. The van der Waals surface area contributed by atoms with Gasteiger partial charge in [0.05, 0.1) is 5.69 Å². The van der Waals surface area contributed by atoms with Crippen LogP contribution in [0, 0.1) is 6.92 Å². The highest BCUT2D eigenvalue weighted by Crippen LogP contribution is 2.28. The Hall–Kier alpha value is -3.41. The summed E-state index contributed by atoms with van der Waals surface area (Å²) in [6, 6.07) is 17.1. The highest BCUT2D eigenvalue weighted by Gasteiger charge is 2.34. The molecule has 130 valence electrons. The fourth-order valence-electron chi connectivity index (χ4n) is 3.28. The number of hydrogen-bond acceptors (Lipinski definition) is 3. The van der Waals surface area contributed by atoms with E-state index in [-0.39, 0.29) is 11.6 Å². The number of rotatable bonds is 3. The van der Waals surface area contributed by atoms with Crippen LogP contribution < -0.4 is 10.6 Å². The Morgan fingerprint density at radius 1 is 1.04 bits per heavy atom. The third-order valence-electron chi connectivity index (χ3n) is 4.60. The Balaban J connectivity index is 1.85.